The summed E-state index contributed by atoms with van der Waals surface area (Å²) in [5, 5.41) is 0. The second-order valence-electron chi connectivity index (χ2n) is 1.21. The summed E-state index contributed by atoms with van der Waals surface area (Å²) in [7, 11) is 1.57. The first-order valence-electron chi connectivity index (χ1n) is 2.48. The Kier molecular flexibility index (Phi) is 4.76. The zero-order chi connectivity index (χ0) is 6.41. The zero-order valence-electron chi connectivity index (χ0n) is 5.15. The van der Waals surface area contributed by atoms with Gasteiger partial charge in [-0.25, -0.2) is 0 Å². The fourth-order valence-corrected chi connectivity index (χ4v) is 0.531. The van der Waals surface area contributed by atoms with Crippen LogP contribution in [0.3, 0.4) is 0 Å². The topological polar surface area (TPSA) is 21.6 Å². The molecule has 0 saturated heterocycles. The highest BCUT2D eigenvalue weighted by Gasteiger charge is 1.89. The number of alkyl halides is 1. The maximum absolute atomic E-state index is 5.39. The van der Waals surface area contributed by atoms with Crippen LogP contribution in [0.4, 0.5) is 0 Å². The lowest BCUT2D eigenvalue weighted by Crippen LogP contribution is -2.02. The molecule has 0 rings (SSSR count). The van der Waals surface area contributed by atoms with Crippen molar-refractivity contribution in [3.8, 4) is 0 Å². The number of nitrogens with zero attached hydrogens (tertiary/aromatic N) is 1. The molecular formula is C5H10ClNO. The van der Waals surface area contributed by atoms with Gasteiger partial charge in [0.15, 0.2) is 5.90 Å². The molecule has 0 fully saturated rings. The van der Waals surface area contributed by atoms with E-state index < -0.39 is 0 Å². The molecule has 0 aliphatic carbocycles. The van der Waals surface area contributed by atoms with Crippen molar-refractivity contribution in [1.82, 2.24) is 0 Å². The minimum Gasteiger partial charge on any atom is -0.483 e. The van der Waals surface area contributed by atoms with E-state index in [0.29, 0.717) is 11.8 Å². The normalized spacial score (nSPS) is 11.6. The molecule has 8 heavy (non-hydrogen) atoms. The second-order valence-corrected chi connectivity index (χ2v) is 1.47. The van der Waals surface area contributed by atoms with Crippen LogP contribution < -0.4 is 0 Å². The van der Waals surface area contributed by atoms with Crippen LogP contribution in [0, 0.1) is 0 Å². The summed E-state index contributed by atoms with van der Waals surface area (Å²) in [6, 6.07) is 0. The van der Waals surface area contributed by atoms with Crippen molar-refractivity contribution in [2.75, 3.05) is 19.5 Å². The third-order valence-corrected chi connectivity index (χ3v) is 0.913. The molecule has 0 aromatic heterocycles. The highest BCUT2D eigenvalue weighted by Crippen LogP contribution is 1.83. The van der Waals surface area contributed by atoms with Crippen LogP contribution in [0.1, 0.15) is 6.92 Å². The van der Waals surface area contributed by atoms with Crippen LogP contribution >= 0.6 is 11.6 Å². The van der Waals surface area contributed by atoms with E-state index in [-0.39, 0.29) is 0 Å². The third kappa shape index (κ3) is 2.86. The quantitative estimate of drug-likeness (QED) is 0.318. The van der Waals surface area contributed by atoms with E-state index in [1.165, 1.54) is 0 Å². The number of hydrogen-bond acceptors (Lipinski definition) is 2. The van der Waals surface area contributed by atoms with Crippen LogP contribution in [0.2, 0.25) is 0 Å². The molecule has 0 radical (unpaired) electrons. The molecule has 0 amide bonds. The van der Waals surface area contributed by atoms with Gasteiger partial charge in [-0.3, -0.25) is 4.99 Å². The van der Waals surface area contributed by atoms with Crippen molar-refractivity contribution in [3.63, 3.8) is 0 Å². The molecule has 0 unspecified atom stereocenters. The Morgan fingerprint density at radius 3 is 2.50 bits per heavy atom. The number of rotatable bonds is 2. The Hall–Kier alpha value is -0.240. The molecule has 0 heterocycles. The molecule has 0 aliphatic rings. The first-order chi connectivity index (χ1) is 3.85. The van der Waals surface area contributed by atoms with Crippen molar-refractivity contribution < 1.29 is 4.74 Å². The average Bonchev–Trinajstić information content (AvgIpc) is 1.83. The lowest BCUT2D eigenvalue weighted by atomic mass is 10.7. The van der Waals surface area contributed by atoms with Crippen molar-refractivity contribution in [1.29, 1.82) is 0 Å². The standard InChI is InChI=1S/C5H10ClNO/c1-3-7-5(4-6)8-2/h3-4H2,1-2H3. The first kappa shape index (κ1) is 7.76. The van der Waals surface area contributed by atoms with E-state index in [0.717, 1.165) is 6.54 Å². The van der Waals surface area contributed by atoms with Gasteiger partial charge in [0, 0.05) is 6.54 Å². The number of halogens is 1. The molecule has 0 atom stereocenters. The van der Waals surface area contributed by atoms with Gasteiger partial charge >= 0.3 is 0 Å². The summed E-state index contributed by atoms with van der Waals surface area (Å²) in [6.07, 6.45) is 0. The summed E-state index contributed by atoms with van der Waals surface area (Å²) >= 11 is 5.39. The van der Waals surface area contributed by atoms with Gasteiger partial charge in [-0.2, -0.15) is 0 Å². The van der Waals surface area contributed by atoms with Gasteiger partial charge in [0.2, 0.25) is 0 Å². The minimum absolute atomic E-state index is 0.365. The SMILES string of the molecule is CCN=C(CCl)OC. The van der Waals surface area contributed by atoms with Gasteiger partial charge in [-0.15, -0.1) is 11.6 Å². The Bertz CT molecular complexity index is 76.5. The molecule has 0 aliphatic heterocycles. The fraction of sp³-hybridized carbons (Fsp3) is 0.800. The van der Waals surface area contributed by atoms with E-state index in [1.807, 2.05) is 6.92 Å². The molecule has 0 spiro atoms. The summed E-state index contributed by atoms with van der Waals surface area (Å²) in [5.74, 6) is 0.971. The van der Waals surface area contributed by atoms with Crippen LogP contribution in [-0.4, -0.2) is 25.4 Å². The van der Waals surface area contributed by atoms with E-state index in [9.17, 15) is 0 Å². The second kappa shape index (κ2) is 4.91. The predicted octanol–water partition coefficient (Wildman–Crippen LogP) is 1.29. The third-order valence-electron chi connectivity index (χ3n) is 0.684. The van der Waals surface area contributed by atoms with Crippen molar-refractivity contribution >= 4 is 17.5 Å². The average molecular weight is 136 g/mol. The molecule has 0 aromatic carbocycles. The maximum atomic E-state index is 5.39. The molecule has 0 bridgehead atoms. The smallest absolute Gasteiger partial charge is 0.198 e. The number of ether oxygens (including phenoxy) is 1. The molecule has 3 heteroatoms. The van der Waals surface area contributed by atoms with Gasteiger partial charge in [0.05, 0.1) is 13.0 Å². The van der Waals surface area contributed by atoms with Crippen molar-refractivity contribution in [2.45, 2.75) is 6.92 Å². The van der Waals surface area contributed by atoms with Crippen LogP contribution in [0.5, 0.6) is 0 Å². The Morgan fingerprint density at radius 1 is 1.75 bits per heavy atom. The first-order valence-corrected chi connectivity index (χ1v) is 3.01. The lowest BCUT2D eigenvalue weighted by Gasteiger charge is -1.96. The Morgan fingerprint density at radius 2 is 2.38 bits per heavy atom. The minimum atomic E-state index is 0.365. The van der Waals surface area contributed by atoms with Gasteiger partial charge in [-0.1, -0.05) is 0 Å². The lowest BCUT2D eigenvalue weighted by molar-refractivity contribution is 0.399. The predicted molar refractivity (Wildman–Crippen MR) is 35.7 cm³/mol. The van der Waals surface area contributed by atoms with E-state index >= 15 is 0 Å². The molecule has 48 valence electrons. The van der Waals surface area contributed by atoms with E-state index in [2.05, 4.69) is 4.99 Å². The van der Waals surface area contributed by atoms with E-state index in [4.69, 9.17) is 16.3 Å². The molecule has 0 saturated carbocycles. The van der Waals surface area contributed by atoms with Crippen LogP contribution in [0.15, 0.2) is 4.99 Å². The van der Waals surface area contributed by atoms with E-state index in [1.54, 1.807) is 7.11 Å². The maximum Gasteiger partial charge on any atom is 0.198 e. The Balaban J connectivity index is 3.49. The van der Waals surface area contributed by atoms with Gasteiger partial charge in [-0.05, 0) is 6.92 Å². The number of methoxy groups -OCH3 is 1. The van der Waals surface area contributed by atoms with Gasteiger partial charge in [0.1, 0.15) is 0 Å². The summed E-state index contributed by atoms with van der Waals surface area (Å²) in [5.41, 5.74) is 0. The largest absolute Gasteiger partial charge is 0.483 e. The van der Waals surface area contributed by atoms with Gasteiger partial charge in [0.25, 0.3) is 0 Å². The number of aliphatic imine (C=N–C) groups is 1. The fourth-order valence-electron chi connectivity index (χ4n) is 0.338. The molecular weight excluding hydrogens is 126 g/mol. The highest BCUT2D eigenvalue weighted by atomic mass is 35.5. The van der Waals surface area contributed by atoms with Crippen LogP contribution in [-0.2, 0) is 4.74 Å². The number of hydrogen-bond donors (Lipinski definition) is 0. The molecule has 2 nitrogen and oxygen atoms in total. The zero-order valence-corrected chi connectivity index (χ0v) is 5.90. The summed E-state index contributed by atoms with van der Waals surface area (Å²) in [4.78, 5) is 3.92. The Labute approximate surface area is 54.5 Å². The van der Waals surface area contributed by atoms with Gasteiger partial charge < -0.3 is 4.74 Å². The molecule has 0 aromatic rings. The van der Waals surface area contributed by atoms with Crippen LogP contribution in [0.25, 0.3) is 0 Å². The summed E-state index contributed by atoms with van der Waals surface area (Å²) in [6.45, 7) is 2.67. The van der Waals surface area contributed by atoms with Crippen molar-refractivity contribution in [3.05, 3.63) is 0 Å². The monoisotopic (exact) mass is 135 g/mol. The van der Waals surface area contributed by atoms with Crippen molar-refractivity contribution in [2.24, 2.45) is 4.99 Å². The summed E-state index contributed by atoms with van der Waals surface area (Å²) < 4.78 is 4.76. The molecule has 0 N–H and O–H groups in total. The highest BCUT2D eigenvalue weighted by molar-refractivity contribution is 6.27.